The second kappa shape index (κ2) is 9.07. The molecule has 0 aromatic carbocycles. The number of rotatable bonds is 8. The third-order valence-electron chi connectivity index (χ3n) is 3.06. The van der Waals surface area contributed by atoms with Gasteiger partial charge in [-0.2, -0.15) is 0 Å². The average Bonchev–Trinajstić information content (AvgIpc) is 2.52. The van der Waals surface area contributed by atoms with Gasteiger partial charge in [-0.15, -0.1) is 0 Å². The van der Waals surface area contributed by atoms with Crippen molar-refractivity contribution in [2.45, 2.75) is 20.3 Å². The fraction of sp³-hybridized carbons (Fsp3) is 0.533. The summed E-state index contributed by atoms with van der Waals surface area (Å²) >= 11 is 0. The number of nitrogens with zero attached hydrogens (tertiary/aromatic N) is 2. The van der Waals surface area contributed by atoms with E-state index in [-0.39, 0.29) is 17.5 Å². The molecule has 0 saturated carbocycles. The maximum Gasteiger partial charge on any atom is 0.272 e. The first-order valence-electron chi connectivity index (χ1n) is 7.17. The number of aromatic nitrogens is 1. The maximum absolute atomic E-state index is 12.2. The average molecular weight is 293 g/mol. The minimum absolute atomic E-state index is 0.158. The number of ether oxygens (including phenoxy) is 1. The third-order valence-corrected chi connectivity index (χ3v) is 3.06. The van der Waals surface area contributed by atoms with Crippen LogP contribution in [0.15, 0.2) is 18.2 Å². The standard InChI is InChI=1S/C15H23N3O3/c1-4-18(5-2)15(20)13-9-6-8-12(17-13)14(19)16-10-7-11-21-3/h6,8-9H,4-5,7,10-11H2,1-3H3,(H,16,19). The maximum atomic E-state index is 12.2. The molecule has 1 aromatic heterocycles. The summed E-state index contributed by atoms with van der Waals surface area (Å²) in [6.45, 7) is 6.16. The van der Waals surface area contributed by atoms with Gasteiger partial charge < -0.3 is 15.0 Å². The van der Waals surface area contributed by atoms with Crippen molar-refractivity contribution in [1.29, 1.82) is 0 Å². The van der Waals surface area contributed by atoms with E-state index >= 15 is 0 Å². The second-order valence-electron chi connectivity index (χ2n) is 4.49. The highest BCUT2D eigenvalue weighted by Crippen LogP contribution is 2.04. The third kappa shape index (κ3) is 5.15. The molecule has 1 rings (SSSR count). The molecule has 0 radical (unpaired) electrons. The molecule has 0 aliphatic rings. The lowest BCUT2D eigenvalue weighted by Gasteiger charge is -2.18. The summed E-state index contributed by atoms with van der Waals surface area (Å²) in [7, 11) is 1.62. The van der Waals surface area contributed by atoms with Gasteiger partial charge in [-0.3, -0.25) is 9.59 Å². The van der Waals surface area contributed by atoms with E-state index in [1.165, 1.54) is 0 Å². The monoisotopic (exact) mass is 293 g/mol. The smallest absolute Gasteiger partial charge is 0.272 e. The lowest BCUT2D eigenvalue weighted by atomic mass is 10.2. The van der Waals surface area contributed by atoms with Crippen molar-refractivity contribution in [1.82, 2.24) is 15.2 Å². The van der Waals surface area contributed by atoms with E-state index < -0.39 is 0 Å². The summed E-state index contributed by atoms with van der Waals surface area (Å²) in [5, 5.41) is 2.75. The van der Waals surface area contributed by atoms with Crippen molar-refractivity contribution in [2.75, 3.05) is 33.4 Å². The molecule has 0 aliphatic carbocycles. The van der Waals surface area contributed by atoms with Crippen LogP contribution < -0.4 is 5.32 Å². The van der Waals surface area contributed by atoms with Gasteiger partial charge in [0.15, 0.2) is 0 Å². The first kappa shape index (κ1) is 17.1. The minimum atomic E-state index is -0.277. The summed E-state index contributed by atoms with van der Waals surface area (Å²) in [4.78, 5) is 30.0. The van der Waals surface area contributed by atoms with Crippen molar-refractivity contribution in [2.24, 2.45) is 0 Å². The van der Waals surface area contributed by atoms with Crippen LogP contribution in [-0.2, 0) is 4.74 Å². The Balaban J connectivity index is 2.71. The molecular formula is C15H23N3O3. The lowest BCUT2D eigenvalue weighted by molar-refractivity contribution is 0.0767. The van der Waals surface area contributed by atoms with Crippen molar-refractivity contribution in [3.63, 3.8) is 0 Å². The van der Waals surface area contributed by atoms with Crippen molar-refractivity contribution >= 4 is 11.8 Å². The van der Waals surface area contributed by atoms with Crippen LogP contribution in [0, 0.1) is 0 Å². The molecule has 0 saturated heterocycles. The summed E-state index contributed by atoms with van der Waals surface area (Å²) in [5.74, 6) is -0.436. The van der Waals surface area contributed by atoms with Crippen LogP contribution >= 0.6 is 0 Å². The molecule has 6 nitrogen and oxygen atoms in total. The van der Waals surface area contributed by atoms with Gasteiger partial charge in [-0.1, -0.05) is 6.07 Å². The van der Waals surface area contributed by atoms with E-state index in [0.29, 0.717) is 31.9 Å². The highest BCUT2D eigenvalue weighted by molar-refractivity contribution is 5.96. The Morgan fingerprint density at radius 3 is 2.52 bits per heavy atom. The number of amides is 2. The van der Waals surface area contributed by atoms with Crippen LogP contribution in [0.2, 0.25) is 0 Å². The van der Waals surface area contributed by atoms with Gasteiger partial charge in [0.05, 0.1) is 0 Å². The van der Waals surface area contributed by atoms with Gasteiger partial charge in [-0.05, 0) is 32.4 Å². The van der Waals surface area contributed by atoms with Crippen LogP contribution in [0.3, 0.4) is 0 Å². The highest BCUT2D eigenvalue weighted by atomic mass is 16.5. The number of hydrogen-bond donors (Lipinski definition) is 1. The Labute approximate surface area is 125 Å². The Hall–Kier alpha value is -1.95. The van der Waals surface area contributed by atoms with Crippen LogP contribution in [0.1, 0.15) is 41.2 Å². The summed E-state index contributed by atoms with van der Waals surface area (Å²) in [5.41, 5.74) is 0.550. The fourth-order valence-electron chi connectivity index (χ4n) is 1.86. The van der Waals surface area contributed by atoms with E-state index in [9.17, 15) is 9.59 Å². The van der Waals surface area contributed by atoms with Gasteiger partial charge in [0.25, 0.3) is 11.8 Å². The molecule has 2 amide bonds. The lowest BCUT2D eigenvalue weighted by Crippen LogP contribution is -2.32. The molecule has 1 N–H and O–H groups in total. The van der Waals surface area contributed by atoms with E-state index in [2.05, 4.69) is 10.3 Å². The number of pyridine rings is 1. The fourth-order valence-corrected chi connectivity index (χ4v) is 1.86. The molecule has 21 heavy (non-hydrogen) atoms. The largest absolute Gasteiger partial charge is 0.385 e. The van der Waals surface area contributed by atoms with Crippen LogP contribution in [0.4, 0.5) is 0 Å². The minimum Gasteiger partial charge on any atom is -0.385 e. The van der Waals surface area contributed by atoms with E-state index in [4.69, 9.17) is 4.74 Å². The number of nitrogens with one attached hydrogen (secondary N) is 1. The van der Waals surface area contributed by atoms with Gasteiger partial charge in [0.2, 0.25) is 0 Å². The molecule has 0 atom stereocenters. The van der Waals surface area contributed by atoms with E-state index in [1.54, 1.807) is 30.2 Å². The number of carbonyl (C=O) groups excluding carboxylic acids is 2. The van der Waals surface area contributed by atoms with Crippen LogP contribution in [0.25, 0.3) is 0 Å². The van der Waals surface area contributed by atoms with Gasteiger partial charge >= 0.3 is 0 Å². The summed E-state index contributed by atoms with van der Waals surface area (Å²) in [6.07, 6.45) is 0.736. The summed E-state index contributed by atoms with van der Waals surface area (Å²) in [6, 6.07) is 4.90. The van der Waals surface area contributed by atoms with Gasteiger partial charge in [0, 0.05) is 33.4 Å². The molecule has 0 fully saturated rings. The molecule has 1 aromatic rings. The van der Waals surface area contributed by atoms with E-state index in [1.807, 2.05) is 13.8 Å². The van der Waals surface area contributed by atoms with Crippen molar-refractivity contribution < 1.29 is 14.3 Å². The SMILES string of the molecule is CCN(CC)C(=O)c1cccc(C(=O)NCCCOC)n1. The zero-order chi connectivity index (χ0) is 15.7. The Morgan fingerprint density at radius 2 is 1.90 bits per heavy atom. The summed E-state index contributed by atoms with van der Waals surface area (Å²) < 4.78 is 4.91. The second-order valence-corrected chi connectivity index (χ2v) is 4.49. The Bertz CT molecular complexity index is 473. The molecule has 0 aliphatic heterocycles. The predicted octanol–water partition coefficient (Wildman–Crippen LogP) is 1.33. The molecule has 0 unspecified atom stereocenters. The first-order chi connectivity index (χ1) is 10.1. The molecule has 6 heteroatoms. The number of hydrogen-bond acceptors (Lipinski definition) is 4. The Kier molecular flexibility index (Phi) is 7.39. The van der Waals surface area contributed by atoms with Crippen LogP contribution in [-0.4, -0.2) is 55.0 Å². The topological polar surface area (TPSA) is 71.5 Å². The quantitative estimate of drug-likeness (QED) is 0.734. The van der Waals surface area contributed by atoms with Crippen molar-refractivity contribution in [3.05, 3.63) is 29.6 Å². The molecule has 0 spiro atoms. The molecule has 0 bridgehead atoms. The Morgan fingerprint density at radius 1 is 1.24 bits per heavy atom. The molecule has 1 heterocycles. The zero-order valence-corrected chi connectivity index (χ0v) is 12.9. The van der Waals surface area contributed by atoms with Crippen LogP contribution in [0.5, 0.6) is 0 Å². The molecule has 116 valence electrons. The number of methoxy groups -OCH3 is 1. The van der Waals surface area contributed by atoms with E-state index in [0.717, 1.165) is 6.42 Å². The predicted molar refractivity (Wildman–Crippen MR) is 80.3 cm³/mol. The zero-order valence-electron chi connectivity index (χ0n) is 12.9. The first-order valence-corrected chi connectivity index (χ1v) is 7.17. The molecular weight excluding hydrogens is 270 g/mol. The number of carbonyl (C=O) groups is 2. The van der Waals surface area contributed by atoms with Gasteiger partial charge in [-0.25, -0.2) is 4.98 Å². The van der Waals surface area contributed by atoms with Gasteiger partial charge in [0.1, 0.15) is 11.4 Å². The normalized spacial score (nSPS) is 10.2. The van der Waals surface area contributed by atoms with Crippen molar-refractivity contribution in [3.8, 4) is 0 Å². The highest BCUT2D eigenvalue weighted by Gasteiger charge is 2.16.